The highest BCUT2D eigenvalue weighted by molar-refractivity contribution is 5.70. The molecule has 0 aromatic heterocycles. The van der Waals surface area contributed by atoms with E-state index >= 15 is 0 Å². The van der Waals surface area contributed by atoms with Gasteiger partial charge in [0.25, 0.3) is 0 Å². The number of methoxy groups -OCH3 is 2. The second-order valence-corrected chi connectivity index (χ2v) is 8.18. The molecule has 0 N–H and O–H groups in total. The van der Waals surface area contributed by atoms with Gasteiger partial charge in [0.15, 0.2) is 11.5 Å². The van der Waals surface area contributed by atoms with Crippen molar-refractivity contribution < 1.29 is 19.0 Å². The van der Waals surface area contributed by atoms with E-state index in [0.29, 0.717) is 12.5 Å². The quantitative estimate of drug-likeness (QED) is 0.387. The predicted octanol–water partition coefficient (Wildman–Crippen LogP) is 5.59. The molecule has 1 fully saturated rings. The zero-order valence-electron chi connectivity index (χ0n) is 19.2. The highest BCUT2D eigenvalue weighted by Crippen LogP contribution is 2.34. The smallest absolute Gasteiger partial charge is 0.310 e. The Bertz CT molecular complexity index is 650. The van der Waals surface area contributed by atoms with Crippen molar-refractivity contribution >= 4 is 5.97 Å². The van der Waals surface area contributed by atoms with Crippen molar-refractivity contribution in [3.63, 3.8) is 0 Å². The molecule has 0 bridgehead atoms. The summed E-state index contributed by atoms with van der Waals surface area (Å²) in [7, 11) is 5.41. The van der Waals surface area contributed by atoms with Crippen LogP contribution in [-0.4, -0.2) is 44.7 Å². The molecule has 2 atom stereocenters. The minimum Gasteiger partial charge on any atom is -0.493 e. The molecule has 0 saturated carbocycles. The molecule has 30 heavy (non-hydrogen) atoms. The number of rotatable bonds is 9. The van der Waals surface area contributed by atoms with Crippen molar-refractivity contribution in [3.8, 4) is 11.5 Å². The van der Waals surface area contributed by atoms with Crippen molar-refractivity contribution in [1.29, 1.82) is 0 Å². The number of allylic oxidation sites excluding steroid dienone is 1. The van der Waals surface area contributed by atoms with Crippen molar-refractivity contribution in [2.75, 3.05) is 27.8 Å². The Hall–Kier alpha value is -2.01. The summed E-state index contributed by atoms with van der Waals surface area (Å²) >= 11 is 0. The molecule has 1 heterocycles. The highest BCUT2D eigenvalue weighted by atomic mass is 16.5. The lowest BCUT2D eigenvalue weighted by Crippen LogP contribution is -2.30. The van der Waals surface area contributed by atoms with E-state index in [0.717, 1.165) is 42.4 Å². The van der Waals surface area contributed by atoms with Gasteiger partial charge in [0, 0.05) is 18.9 Å². The van der Waals surface area contributed by atoms with E-state index in [1.165, 1.54) is 38.6 Å². The number of carbonyl (C=O) groups is 1. The van der Waals surface area contributed by atoms with Crippen LogP contribution in [0.2, 0.25) is 0 Å². The van der Waals surface area contributed by atoms with Gasteiger partial charge in [-0.15, -0.1) is 0 Å². The number of fused-ring (bicyclic) bond motifs is 1. The van der Waals surface area contributed by atoms with Crippen molar-refractivity contribution in [3.05, 3.63) is 36.1 Å². The zero-order chi connectivity index (χ0) is 21.8. The van der Waals surface area contributed by atoms with E-state index in [9.17, 15) is 4.79 Å². The number of benzene rings is 1. The minimum absolute atomic E-state index is 0.0353. The highest BCUT2D eigenvalue weighted by Gasteiger charge is 2.33. The molecule has 1 aliphatic heterocycles. The Balaban J connectivity index is 0.000000269. The molecule has 1 aromatic carbocycles. The van der Waals surface area contributed by atoms with Crippen LogP contribution >= 0.6 is 0 Å². The Kier molecular flexibility index (Phi) is 10.8. The number of likely N-dealkylation sites (N-methyl/N-ethyl adjacent to an activating group) is 1. The third kappa shape index (κ3) is 7.67. The minimum atomic E-state index is -0.0353. The predicted molar refractivity (Wildman–Crippen MR) is 121 cm³/mol. The average Bonchev–Trinajstić information content (AvgIpc) is 3.14. The van der Waals surface area contributed by atoms with E-state index in [-0.39, 0.29) is 5.97 Å². The summed E-state index contributed by atoms with van der Waals surface area (Å²) in [6.45, 7) is 3.38. The Labute approximate surface area is 182 Å². The zero-order valence-corrected chi connectivity index (χ0v) is 19.2. The molecule has 0 radical (unpaired) electrons. The van der Waals surface area contributed by atoms with Gasteiger partial charge in [0.2, 0.25) is 0 Å². The number of ether oxygens (including phenoxy) is 3. The molecule has 1 aromatic rings. The maximum Gasteiger partial charge on any atom is 0.310 e. The van der Waals surface area contributed by atoms with Gasteiger partial charge in [-0.2, -0.15) is 0 Å². The van der Waals surface area contributed by atoms with E-state index in [1.807, 2.05) is 24.3 Å². The van der Waals surface area contributed by atoms with Crippen LogP contribution in [0.3, 0.4) is 0 Å². The van der Waals surface area contributed by atoms with Gasteiger partial charge >= 0.3 is 5.97 Å². The number of nitrogens with zero attached hydrogens (tertiary/aromatic N) is 1. The molecule has 2 unspecified atom stereocenters. The third-order valence-corrected chi connectivity index (χ3v) is 5.98. The van der Waals surface area contributed by atoms with Crippen LogP contribution in [-0.2, 0) is 9.53 Å². The standard InChI is InChI=1S/C17H29NO2.C8H10O2/c1-3-4-5-6-7-8-17(19)20-15-10-9-14-11-12-18(2)16(14)13-15;1-9-7-5-3-4-6-8(7)10-2/h13-14,16H,3-12H2,1-2H3;3-6H,1-2H3. The first-order valence-electron chi connectivity index (χ1n) is 11.4. The lowest BCUT2D eigenvalue weighted by Gasteiger charge is -2.27. The van der Waals surface area contributed by atoms with E-state index in [1.54, 1.807) is 14.2 Å². The molecule has 1 aliphatic carbocycles. The van der Waals surface area contributed by atoms with E-state index in [4.69, 9.17) is 14.2 Å². The summed E-state index contributed by atoms with van der Waals surface area (Å²) in [5.41, 5.74) is 0. The second kappa shape index (κ2) is 13.3. The number of unbranched alkanes of at least 4 members (excludes halogenated alkanes) is 4. The summed E-state index contributed by atoms with van der Waals surface area (Å²) in [6, 6.07) is 8.02. The SMILES string of the molecule is CCCCCCCC(=O)OC1=CC2C(CC1)CCN2C.COc1ccccc1OC. The third-order valence-electron chi connectivity index (χ3n) is 5.98. The monoisotopic (exact) mass is 417 g/mol. The van der Waals surface area contributed by atoms with Crippen LogP contribution in [0.5, 0.6) is 11.5 Å². The van der Waals surface area contributed by atoms with Crippen LogP contribution in [0, 0.1) is 5.92 Å². The maximum atomic E-state index is 11.8. The Morgan fingerprint density at radius 2 is 1.70 bits per heavy atom. The Morgan fingerprint density at radius 3 is 2.33 bits per heavy atom. The van der Waals surface area contributed by atoms with Crippen LogP contribution in [0.25, 0.3) is 0 Å². The normalized spacial score (nSPS) is 20.5. The number of esters is 1. The van der Waals surface area contributed by atoms with Gasteiger partial charge in [0.05, 0.1) is 14.2 Å². The first kappa shape index (κ1) is 24.3. The number of hydrogen-bond acceptors (Lipinski definition) is 5. The van der Waals surface area contributed by atoms with Gasteiger partial charge in [0.1, 0.15) is 5.76 Å². The molecular formula is C25H39NO4. The fourth-order valence-electron chi connectivity index (χ4n) is 4.17. The summed E-state index contributed by atoms with van der Waals surface area (Å²) < 4.78 is 15.6. The first-order chi connectivity index (χ1) is 14.6. The van der Waals surface area contributed by atoms with Crippen molar-refractivity contribution in [2.24, 2.45) is 5.92 Å². The van der Waals surface area contributed by atoms with Gasteiger partial charge in [-0.05, 0) is 57.0 Å². The summed E-state index contributed by atoms with van der Waals surface area (Å²) in [6.07, 6.45) is 12.0. The Morgan fingerprint density at radius 1 is 1.03 bits per heavy atom. The molecule has 5 heteroatoms. The van der Waals surface area contributed by atoms with Gasteiger partial charge in [-0.25, -0.2) is 0 Å². The van der Waals surface area contributed by atoms with Crippen LogP contribution in [0.4, 0.5) is 0 Å². The summed E-state index contributed by atoms with van der Waals surface area (Å²) in [4.78, 5) is 14.2. The molecular weight excluding hydrogens is 378 g/mol. The van der Waals surface area contributed by atoms with E-state index in [2.05, 4.69) is 24.9 Å². The largest absolute Gasteiger partial charge is 0.493 e. The van der Waals surface area contributed by atoms with Crippen LogP contribution < -0.4 is 9.47 Å². The second-order valence-electron chi connectivity index (χ2n) is 8.18. The number of para-hydroxylation sites is 2. The molecule has 168 valence electrons. The van der Waals surface area contributed by atoms with Crippen LogP contribution in [0.1, 0.15) is 64.7 Å². The topological polar surface area (TPSA) is 48.0 Å². The van der Waals surface area contributed by atoms with Crippen molar-refractivity contribution in [2.45, 2.75) is 70.8 Å². The summed E-state index contributed by atoms with van der Waals surface area (Å²) in [5.74, 6) is 3.19. The van der Waals surface area contributed by atoms with E-state index < -0.39 is 0 Å². The van der Waals surface area contributed by atoms with Crippen LogP contribution in [0.15, 0.2) is 36.1 Å². The molecule has 1 saturated heterocycles. The average molecular weight is 418 g/mol. The molecule has 0 spiro atoms. The fraction of sp³-hybridized carbons (Fsp3) is 0.640. The fourth-order valence-corrected chi connectivity index (χ4v) is 4.17. The van der Waals surface area contributed by atoms with Crippen molar-refractivity contribution in [1.82, 2.24) is 4.90 Å². The number of hydrogen-bond donors (Lipinski definition) is 0. The maximum absolute atomic E-state index is 11.8. The summed E-state index contributed by atoms with van der Waals surface area (Å²) in [5, 5.41) is 0. The van der Waals surface area contributed by atoms with Gasteiger partial charge < -0.3 is 14.2 Å². The lowest BCUT2D eigenvalue weighted by atomic mass is 9.89. The number of carbonyl (C=O) groups excluding carboxylic acids is 1. The van der Waals surface area contributed by atoms with Gasteiger partial charge in [-0.3, -0.25) is 9.69 Å². The number of likely N-dealkylation sites (tertiary alicyclic amines) is 1. The lowest BCUT2D eigenvalue weighted by molar-refractivity contribution is -0.140. The molecule has 2 aliphatic rings. The molecule has 3 rings (SSSR count). The van der Waals surface area contributed by atoms with Gasteiger partial charge in [-0.1, -0.05) is 44.7 Å². The molecule has 0 amide bonds. The first-order valence-corrected chi connectivity index (χ1v) is 11.4. The molecule has 5 nitrogen and oxygen atoms in total.